The lowest BCUT2D eigenvalue weighted by atomic mass is 9.94. The van der Waals surface area contributed by atoms with E-state index in [0.29, 0.717) is 23.6 Å². The van der Waals surface area contributed by atoms with Gasteiger partial charge in [-0.3, -0.25) is 9.59 Å². The molecule has 2 N–H and O–H groups in total. The van der Waals surface area contributed by atoms with E-state index in [1.807, 2.05) is 0 Å². The van der Waals surface area contributed by atoms with Gasteiger partial charge in [0.05, 0.1) is 28.6 Å². The summed E-state index contributed by atoms with van der Waals surface area (Å²) in [6, 6.07) is 4.51. The molecule has 5 nitrogen and oxygen atoms in total. The Morgan fingerprint density at radius 2 is 2.10 bits per heavy atom. The summed E-state index contributed by atoms with van der Waals surface area (Å²) in [7, 11) is 0. The van der Waals surface area contributed by atoms with E-state index in [1.54, 1.807) is 0 Å². The van der Waals surface area contributed by atoms with Crippen LogP contribution in [0.4, 0.5) is 0 Å². The van der Waals surface area contributed by atoms with E-state index >= 15 is 0 Å². The summed E-state index contributed by atoms with van der Waals surface area (Å²) in [6.45, 7) is 0.612. The highest BCUT2D eigenvalue weighted by atomic mass is 35.5. The highest BCUT2D eigenvalue weighted by Crippen LogP contribution is 2.25. The summed E-state index contributed by atoms with van der Waals surface area (Å²) in [5, 5.41) is 12.3. The molecule has 0 saturated carbocycles. The second kappa shape index (κ2) is 5.99. The number of rotatable bonds is 4. The van der Waals surface area contributed by atoms with Crippen molar-refractivity contribution in [2.75, 3.05) is 13.2 Å². The van der Waals surface area contributed by atoms with Crippen LogP contribution in [-0.4, -0.2) is 35.7 Å². The SMILES string of the molecule is O=C(O)CC1(NC(=O)c2ccc(Cl)c(Cl)c2)CCOC1. The zero-order chi connectivity index (χ0) is 14.8. The zero-order valence-electron chi connectivity index (χ0n) is 10.5. The van der Waals surface area contributed by atoms with E-state index in [0.717, 1.165) is 0 Å². The maximum absolute atomic E-state index is 12.2. The summed E-state index contributed by atoms with van der Waals surface area (Å²) in [6.07, 6.45) is 0.284. The number of halogens is 2. The molecule has 7 heteroatoms. The van der Waals surface area contributed by atoms with Crippen LogP contribution in [0.2, 0.25) is 10.0 Å². The Morgan fingerprint density at radius 1 is 1.35 bits per heavy atom. The molecule has 1 atom stereocenters. The van der Waals surface area contributed by atoms with Crippen molar-refractivity contribution in [3.8, 4) is 0 Å². The van der Waals surface area contributed by atoms with Crippen LogP contribution in [0.25, 0.3) is 0 Å². The Balaban J connectivity index is 2.16. The van der Waals surface area contributed by atoms with E-state index in [2.05, 4.69) is 5.32 Å². The summed E-state index contributed by atoms with van der Waals surface area (Å²) in [5.41, 5.74) is -0.536. The van der Waals surface area contributed by atoms with Gasteiger partial charge in [-0.25, -0.2) is 0 Å². The van der Waals surface area contributed by atoms with E-state index in [9.17, 15) is 9.59 Å². The predicted molar refractivity (Wildman–Crippen MR) is 74.3 cm³/mol. The van der Waals surface area contributed by atoms with Crippen molar-refractivity contribution in [2.45, 2.75) is 18.4 Å². The number of benzene rings is 1. The second-order valence-corrected chi connectivity index (χ2v) is 5.55. The van der Waals surface area contributed by atoms with E-state index < -0.39 is 17.4 Å². The minimum absolute atomic E-state index is 0.180. The first-order valence-corrected chi connectivity index (χ1v) is 6.75. The molecule has 0 bridgehead atoms. The number of carbonyl (C=O) groups is 2. The maximum atomic E-state index is 12.2. The predicted octanol–water partition coefficient (Wildman–Crippen LogP) is 2.36. The normalized spacial score (nSPS) is 21.7. The molecule has 0 spiro atoms. The lowest BCUT2D eigenvalue weighted by Crippen LogP contribution is -2.50. The molecule has 1 aromatic carbocycles. The lowest BCUT2D eigenvalue weighted by molar-refractivity contribution is -0.138. The van der Waals surface area contributed by atoms with Gasteiger partial charge in [0.25, 0.3) is 5.91 Å². The number of nitrogens with one attached hydrogen (secondary N) is 1. The van der Waals surface area contributed by atoms with Crippen LogP contribution < -0.4 is 5.32 Å². The molecule has 1 unspecified atom stereocenters. The van der Waals surface area contributed by atoms with Crippen molar-refractivity contribution >= 4 is 35.1 Å². The maximum Gasteiger partial charge on any atom is 0.305 e. The van der Waals surface area contributed by atoms with E-state index in [4.69, 9.17) is 33.0 Å². The highest BCUT2D eigenvalue weighted by molar-refractivity contribution is 6.42. The number of hydrogen-bond acceptors (Lipinski definition) is 3. The number of carboxylic acid groups (broad SMARTS) is 1. The van der Waals surface area contributed by atoms with Gasteiger partial charge in [-0.1, -0.05) is 23.2 Å². The van der Waals surface area contributed by atoms with Crippen molar-refractivity contribution < 1.29 is 19.4 Å². The third-order valence-electron chi connectivity index (χ3n) is 3.15. The molecular formula is C13H13Cl2NO4. The molecule has 1 heterocycles. The smallest absolute Gasteiger partial charge is 0.305 e. The minimum Gasteiger partial charge on any atom is -0.481 e. The molecule has 0 aliphatic carbocycles. The highest BCUT2D eigenvalue weighted by Gasteiger charge is 2.38. The molecule has 2 rings (SSSR count). The van der Waals surface area contributed by atoms with Crippen molar-refractivity contribution in [3.05, 3.63) is 33.8 Å². The summed E-state index contributed by atoms with van der Waals surface area (Å²) < 4.78 is 5.22. The molecule has 20 heavy (non-hydrogen) atoms. The van der Waals surface area contributed by atoms with Crippen molar-refractivity contribution in [1.29, 1.82) is 0 Å². The molecule has 1 aromatic rings. The molecule has 1 saturated heterocycles. The average Bonchev–Trinajstić information content (AvgIpc) is 2.79. The van der Waals surface area contributed by atoms with Gasteiger partial charge in [-0.15, -0.1) is 0 Å². The quantitative estimate of drug-likeness (QED) is 0.893. The van der Waals surface area contributed by atoms with Gasteiger partial charge < -0.3 is 15.2 Å². The number of carboxylic acids is 1. The van der Waals surface area contributed by atoms with Gasteiger partial charge in [0.2, 0.25) is 0 Å². The standard InChI is InChI=1S/C13H13Cl2NO4/c14-9-2-1-8(5-10(9)15)12(19)16-13(6-11(17)18)3-4-20-7-13/h1-2,5H,3-4,6-7H2,(H,16,19)(H,17,18). The van der Waals surface area contributed by atoms with Crippen LogP contribution in [0.5, 0.6) is 0 Å². The molecule has 0 radical (unpaired) electrons. The Bertz CT molecular complexity index is 541. The third kappa shape index (κ3) is 3.42. The number of carbonyl (C=O) groups excluding carboxylic acids is 1. The van der Waals surface area contributed by atoms with Gasteiger partial charge in [0.1, 0.15) is 0 Å². The number of ether oxygens (including phenoxy) is 1. The first-order valence-electron chi connectivity index (χ1n) is 5.99. The summed E-state index contributed by atoms with van der Waals surface area (Å²) in [4.78, 5) is 23.1. The van der Waals surface area contributed by atoms with Crippen molar-refractivity contribution in [3.63, 3.8) is 0 Å². The fourth-order valence-electron chi connectivity index (χ4n) is 2.13. The molecule has 1 fully saturated rings. The van der Waals surface area contributed by atoms with Crippen LogP contribution in [0.3, 0.4) is 0 Å². The van der Waals surface area contributed by atoms with Gasteiger partial charge in [-0.2, -0.15) is 0 Å². The Morgan fingerprint density at radius 3 is 2.65 bits per heavy atom. The molecule has 108 valence electrons. The van der Waals surface area contributed by atoms with Crippen LogP contribution in [0.1, 0.15) is 23.2 Å². The first kappa shape index (κ1) is 15.1. The fraction of sp³-hybridized carbons (Fsp3) is 0.385. The Kier molecular flexibility index (Phi) is 4.52. The van der Waals surface area contributed by atoms with Crippen LogP contribution in [0, 0.1) is 0 Å². The molecular weight excluding hydrogens is 305 g/mol. The number of amides is 1. The lowest BCUT2D eigenvalue weighted by Gasteiger charge is -2.27. The first-order chi connectivity index (χ1) is 9.42. The Labute approximate surface area is 125 Å². The van der Waals surface area contributed by atoms with Gasteiger partial charge in [0, 0.05) is 12.2 Å². The zero-order valence-corrected chi connectivity index (χ0v) is 12.0. The molecule has 1 aliphatic heterocycles. The average molecular weight is 318 g/mol. The van der Waals surface area contributed by atoms with Gasteiger partial charge in [-0.05, 0) is 24.6 Å². The molecule has 0 aromatic heterocycles. The monoisotopic (exact) mass is 317 g/mol. The summed E-state index contributed by atoms with van der Waals surface area (Å²) >= 11 is 11.7. The van der Waals surface area contributed by atoms with Gasteiger partial charge >= 0.3 is 5.97 Å². The van der Waals surface area contributed by atoms with Crippen LogP contribution in [0.15, 0.2) is 18.2 Å². The minimum atomic E-state index is -0.982. The van der Waals surface area contributed by atoms with E-state index in [1.165, 1.54) is 18.2 Å². The fourth-order valence-corrected chi connectivity index (χ4v) is 2.43. The third-order valence-corrected chi connectivity index (χ3v) is 3.89. The van der Waals surface area contributed by atoms with Crippen LogP contribution in [-0.2, 0) is 9.53 Å². The number of aliphatic carboxylic acids is 1. The second-order valence-electron chi connectivity index (χ2n) is 4.74. The van der Waals surface area contributed by atoms with Crippen molar-refractivity contribution in [1.82, 2.24) is 5.32 Å². The van der Waals surface area contributed by atoms with Crippen molar-refractivity contribution in [2.24, 2.45) is 0 Å². The molecule has 1 amide bonds. The number of hydrogen-bond donors (Lipinski definition) is 2. The Hall–Kier alpha value is -1.30. The largest absolute Gasteiger partial charge is 0.481 e. The van der Waals surface area contributed by atoms with Gasteiger partial charge in [0.15, 0.2) is 0 Å². The topological polar surface area (TPSA) is 75.6 Å². The van der Waals surface area contributed by atoms with Crippen LogP contribution >= 0.6 is 23.2 Å². The van der Waals surface area contributed by atoms with E-state index in [-0.39, 0.29) is 18.1 Å². The molecule has 1 aliphatic rings. The summed E-state index contributed by atoms with van der Waals surface area (Å²) in [5.74, 6) is -1.37.